The number of aliphatic hydroxyl groups excluding tert-OH is 1. The molecular formula is C20H23N3O3S. The van der Waals surface area contributed by atoms with Gasteiger partial charge in [-0.25, -0.2) is 12.4 Å². The van der Waals surface area contributed by atoms with E-state index in [1.807, 2.05) is 24.3 Å². The molecule has 7 heteroatoms. The third-order valence-electron chi connectivity index (χ3n) is 5.10. The van der Waals surface area contributed by atoms with E-state index >= 15 is 0 Å². The Morgan fingerprint density at radius 2 is 1.63 bits per heavy atom. The summed E-state index contributed by atoms with van der Waals surface area (Å²) >= 11 is 0. The molecule has 0 radical (unpaired) electrons. The Bertz CT molecular complexity index is 1020. The van der Waals surface area contributed by atoms with Gasteiger partial charge in [-0.05, 0) is 30.3 Å². The van der Waals surface area contributed by atoms with Crippen molar-refractivity contribution in [2.24, 2.45) is 0 Å². The summed E-state index contributed by atoms with van der Waals surface area (Å²) in [5.74, 6) is 0. The van der Waals surface area contributed by atoms with Crippen LogP contribution in [0.15, 0.2) is 65.7 Å². The Hall–Kier alpha value is -2.35. The molecule has 3 aromatic rings. The van der Waals surface area contributed by atoms with Gasteiger partial charge >= 0.3 is 0 Å². The summed E-state index contributed by atoms with van der Waals surface area (Å²) < 4.78 is 27.4. The highest BCUT2D eigenvalue weighted by Crippen LogP contribution is 2.30. The minimum absolute atomic E-state index is 0.176. The van der Waals surface area contributed by atoms with Gasteiger partial charge in [-0.15, -0.1) is 0 Å². The first-order chi connectivity index (χ1) is 13.1. The molecule has 0 unspecified atom stereocenters. The molecule has 142 valence electrons. The van der Waals surface area contributed by atoms with Crippen molar-refractivity contribution in [3.8, 4) is 0 Å². The van der Waals surface area contributed by atoms with Gasteiger partial charge < -0.3 is 10.0 Å². The number of piperazine rings is 1. The summed E-state index contributed by atoms with van der Waals surface area (Å²) in [6.07, 6.45) is 1.64. The largest absolute Gasteiger partial charge is 0.395 e. The van der Waals surface area contributed by atoms with Gasteiger partial charge in [-0.3, -0.25) is 4.90 Å². The number of hydrogen-bond donors (Lipinski definition) is 1. The monoisotopic (exact) mass is 385 g/mol. The van der Waals surface area contributed by atoms with Crippen molar-refractivity contribution in [2.75, 3.05) is 44.2 Å². The lowest BCUT2D eigenvalue weighted by Crippen LogP contribution is -2.47. The lowest BCUT2D eigenvalue weighted by molar-refractivity contribution is 0.189. The predicted molar refractivity (Wildman–Crippen MR) is 107 cm³/mol. The molecular weight excluding hydrogens is 362 g/mol. The molecule has 1 saturated heterocycles. The molecule has 1 aliphatic rings. The number of benzene rings is 2. The maximum atomic E-state index is 13.0. The highest BCUT2D eigenvalue weighted by atomic mass is 32.2. The predicted octanol–water partition coefficient (Wildman–Crippen LogP) is 1.99. The normalized spacial score (nSPS) is 16.1. The molecule has 0 spiro atoms. The quantitative estimate of drug-likeness (QED) is 0.728. The fraction of sp³-hybridized carbons (Fsp3) is 0.300. The molecule has 0 saturated carbocycles. The van der Waals surface area contributed by atoms with Crippen LogP contribution in [-0.2, 0) is 10.0 Å². The standard InChI is InChI=1S/C20H23N3O3S/c24-16-15-21-11-13-22(14-12-21)19-7-4-8-20-18(19)9-10-23(20)27(25,26)17-5-2-1-3-6-17/h1-10,24H,11-16H2. The first kappa shape index (κ1) is 18.0. The van der Waals surface area contributed by atoms with E-state index in [0.717, 1.165) is 37.3 Å². The van der Waals surface area contributed by atoms with Crippen LogP contribution in [-0.4, -0.2) is 61.7 Å². The number of aliphatic hydroxyl groups is 1. The summed E-state index contributed by atoms with van der Waals surface area (Å²) in [7, 11) is -3.62. The Labute approximate surface area is 159 Å². The summed E-state index contributed by atoms with van der Waals surface area (Å²) in [4.78, 5) is 4.81. The van der Waals surface area contributed by atoms with Gasteiger partial charge in [0.2, 0.25) is 0 Å². The van der Waals surface area contributed by atoms with Gasteiger partial charge in [0.05, 0.1) is 17.0 Å². The molecule has 27 heavy (non-hydrogen) atoms. The van der Waals surface area contributed by atoms with Crippen LogP contribution in [0, 0.1) is 0 Å². The van der Waals surface area contributed by atoms with E-state index in [4.69, 9.17) is 5.11 Å². The van der Waals surface area contributed by atoms with Gasteiger partial charge in [-0.1, -0.05) is 24.3 Å². The zero-order valence-electron chi connectivity index (χ0n) is 15.0. The number of rotatable bonds is 5. The van der Waals surface area contributed by atoms with Gasteiger partial charge in [0.1, 0.15) is 0 Å². The Morgan fingerprint density at radius 1 is 0.889 bits per heavy atom. The van der Waals surface area contributed by atoms with Crippen LogP contribution in [0.4, 0.5) is 5.69 Å². The molecule has 1 N–H and O–H groups in total. The summed E-state index contributed by atoms with van der Waals surface area (Å²) in [5, 5.41) is 10.0. The smallest absolute Gasteiger partial charge is 0.268 e. The van der Waals surface area contributed by atoms with Crippen LogP contribution in [0.3, 0.4) is 0 Å². The zero-order chi connectivity index (χ0) is 18.9. The van der Waals surface area contributed by atoms with Crippen LogP contribution in [0.5, 0.6) is 0 Å². The molecule has 4 rings (SSSR count). The van der Waals surface area contributed by atoms with E-state index in [9.17, 15) is 8.42 Å². The van der Waals surface area contributed by atoms with Gasteiger partial charge in [0, 0.05) is 50.0 Å². The molecule has 0 bridgehead atoms. The number of β-amino-alcohol motifs (C(OH)–C–C–N with tert-alkyl or cyclic N) is 1. The van der Waals surface area contributed by atoms with Crippen LogP contribution >= 0.6 is 0 Å². The first-order valence-corrected chi connectivity index (χ1v) is 10.5. The maximum Gasteiger partial charge on any atom is 0.268 e. The van der Waals surface area contributed by atoms with Crippen molar-refractivity contribution < 1.29 is 13.5 Å². The topological polar surface area (TPSA) is 65.8 Å². The molecule has 2 heterocycles. The number of anilines is 1. The first-order valence-electron chi connectivity index (χ1n) is 9.10. The van der Waals surface area contributed by atoms with Crippen molar-refractivity contribution >= 4 is 26.6 Å². The number of fused-ring (bicyclic) bond motifs is 1. The fourth-order valence-corrected chi connectivity index (χ4v) is 5.04. The van der Waals surface area contributed by atoms with E-state index in [1.54, 1.807) is 36.5 Å². The average Bonchev–Trinajstić information content (AvgIpc) is 3.15. The molecule has 2 aromatic carbocycles. The Kier molecular flexibility index (Phi) is 4.90. The highest BCUT2D eigenvalue weighted by molar-refractivity contribution is 7.90. The lowest BCUT2D eigenvalue weighted by Gasteiger charge is -2.36. The average molecular weight is 385 g/mol. The Balaban J connectivity index is 1.69. The third kappa shape index (κ3) is 3.34. The van der Waals surface area contributed by atoms with Gasteiger partial charge in [-0.2, -0.15) is 0 Å². The van der Waals surface area contributed by atoms with E-state index < -0.39 is 10.0 Å². The fourth-order valence-electron chi connectivity index (χ4n) is 3.67. The minimum atomic E-state index is -3.62. The summed E-state index contributed by atoms with van der Waals surface area (Å²) in [6, 6.07) is 16.2. The third-order valence-corrected chi connectivity index (χ3v) is 6.81. The van der Waals surface area contributed by atoms with Crippen LogP contribution in [0.2, 0.25) is 0 Å². The SMILES string of the molecule is O=S(=O)(c1ccccc1)n1ccc2c(N3CCN(CCO)CC3)cccc21. The molecule has 6 nitrogen and oxygen atoms in total. The molecule has 1 aromatic heterocycles. The molecule has 0 amide bonds. The second kappa shape index (κ2) is 7.34. The van der Waals surface area contributed by atoms with Crippen LogP contribution < -0.4 is 4.90 Å². The number of aromatic nitrogens is 1. The van der Waals surface area contributed by atoms with Crippen LogP contribution in [0.25, 0.3) is 10.9 Å². The zero-order valence-corrected chi connectivity index (χ0v) is 15.8. The number of hydrogen-bond acceptors (Lipinski definition) is 5. The van der Waals surface area contributed by atoms with Crippen molar-refractivity contribution in [2.45, 2.75) is 4.90 Å². The molecule has 1 aliphatic heterocycles. The van der Waals surface area contributed by atoms with Crippen molar-refractivity contribution in [1.82, 2.24) is 8.87 Å². The second-order valence-electron chi connectivity index (χ2n) is 6.69. The highest BCUT2D eigenvalue weighted by Gasteiger charge is 2.22. The van der Waals surface area contributed by atoms with E-state index in [0.29, 0.717) is 12.1 Å². The second-order valence-corrected chi connectivity index (χ2v) is 8.51. The lowest BCUT2D eigenvalue weighted by atomic mass is 10.1. The maximum absolute atomic E-state index is 13.0. The Morgan fingerprint density at radius 3 is 2.33 bits per heavy atom. The molecule has 1 fully saturated rings. The van der Waals surface area contributed by atoms with Crippen molar-refractivity contribution in [3.63, 3.8) is 0 Å². The van der Waals surface area contributed by atoms with Crippen LogP contribution in [0.1, 0.15) is 0 Å². The summed E-state index contributed by atoms with van der Waals surface area (Å²) in [6.45, 7) is 4.37. The molecule has 0 aliphatic carbocycles. The van der Waals surface area contributed by atoms with Crippen molar-refractivity contribution in [1.29, 1.82) is 0 Å². The van der Waals surface area contributed by atoms with E-state index in [-0.39, 0.29) is 11.5 Å². The van der Waals surface area contributed by atoms with E-state index in [2.05, 4.69) is 9.80 Å². The number of nitrogens with zero attached hydrogens (tertiary/aromatic N) is 3. The molecule has 0 atom stereocenters. The summed E-state index contributed by atoms with van der Waals surface area (Å²) in [5.41, 5.74) is 1.74. The minimum Gasteiger partial charge on any atom is -0.395 e. The van der Waals surface area contributed by atoms with Gasteiger partial charge in [0.25, 0.3) is 10.0 Å². The van der Waals surface area contributed by atoms with Crippen molar-refractivity contribution in [3.05, 3.63) is 60.8 Å². The van der Waals surface area contributed by atoms with Gasteiger partial charge in [0.15, 0.2) is 0 Å². The van der Waals surface area contributed by atoms with E-state index in [1.165, 1.54) is 3.97 Å².